The highest BCUT2D eigenvalue weighted by molar-refractivity contribution is 5.36. The van der Waals surface area contributed by atoms with Gasteiger partial charge in [-0.25, -0.2) is 0 Å². The van der Waals surface area contributed by atoms with Crippen LogP contribution in [0.15, 0.2) is 18.2 Å². The van der Waals surface area contributed by atoms with Crippen LogP contribution in [-0.2, 0) is 0 Å². The molecule has 2 nitrogen and oxygen atoms in total. The Kier molecular flexibility index (Phi) is 4.65. The molecule has 0 heterocycles. The van der Waals surface area contributed by atoms with E-state index in [4.69, 9.17) is 4.74 Å². The van der Waals surface area contributed by atoms with Crippen LogP contribution in [0.5, 0.6) is 5.75 Å². The monoisotopic (exact) mass is 247 g/mol. The molecule has 0 aromatic heterocycles. The van der Waals surface area contributed by atoms with Crippen LogP contribution in [0.3, 0.4) is 0 Å². The minimum atomic E-state index is 0.378. The molecule has 1 aliphatic carbocycles. The van der Waals surface area contributed by atoms with E-state index >= 15 is 0 Å². The van der Waals surface area contributed by atoms with E-state index in [1.807, 2.05) is 0 Å². The quantitative estimate of drug-likeness (QED) is 0.877. The van der Waals surface area contributed by atoms with E-state index in [1.54, 1.807) is 0 Å². The van der Waals surface area contributed by atoms with Gasteiger partial charge in [-0.05, 0) is 63.3 Å². The predicted molar refractivity (Wildman–Crippen MR) is 76.3 cm³/mol. The highest BCUT2D eigenvalue weighted by atomic mass is 16.5. The second-order valence-corrected chi connectivity index (χ2v) is 5.43. The second kappa shape index (κ2) is 6.24. The Bertz CT molecular complexity index is 387. The van der Waals surface area contributed by atoms with E-state index in [1.165, 1.54) is 30.4 Å². The van der Waals surface area contributed by atoms with Crippen molar-refractivity contribution in [3.8, 4) is 5.75 Å². The average Bonchev–Trinajstić information content (AvgIpc) is 2.35. The zero-order chi connectivity index (χ0) is 13.0. The molecule has 0 saturated heterocycles. The van der Waals surface area contributed by atoms with Crippen LogP contribution in [0.1, 0.15) is 43.7 Å². The molecule has 2 rings (SSSR count). The van der Waals surface area contributed by atoms with E-state index in [0.717, 1.165) is 18.7 Å². The Balaban J connectivity index is 1.98. The molecule has 1 aromatic rings. The third-order valence-corrected chi connectivity index (χ3v) is 3.76. The van der Waals surface area contributed by atoms with Crippen molar-refractivity contribution < 1.29 is 4.74 Å². The lowest BCUT2D eigenvalue weighted by Gasteiger charge is -2.30. The Morgan fingerprint density at radius 2 is 2.11 bits per heavy atom. The number of hydrogen-bond acceptors (Lipinski definition) is 2. The molecular weight excluding hydrogens is 222 g/mol. The summed E-state index contributed by atoms with van der Waals surface area (Å²) in [6.07, 6.45) is 5.27. The largest absolute Gasteiger partial charge is 0.490 e. The van der Waals surface area contributed by atoms with Crippen molar-refractivity contribution in [1.82, 2.24) is 5.32 Å². The van der Waals surface area contributed by atoms with Crippen LogP contribution in [-0.4, -0.2) is 18.7 Å². The molecule has 2 atom stereocenters. The van der Waals surface area contributed by atoms with E-state index < -0.39 is 0 Å². The van der Waals surface area contributed by atoms with Crippen molar-refractivity contribution in [2.24, 2.45) is 0 Å². The van der Waals surface area contributed by atoms with Gasteiger partial charge in [0, 0.05) is 6.04 Å². The van der Waals surface area contributed by atoms with Gasteiger partial charge in [0.2, 0.25) is 0 Å². The van der Waals surface area contributed by atoms with E-state index in [-0.39, 0.29) is 0 Å². The van der Waals surface area contributed by atoms with E-state index in [0.29, 0.717) is 12.1 Å². The van der Waals surface area contributed by atoms with Gasteiger partial charge in [-0.15, -0.1) is 0 Å². The fourth-order valence-corrected chi connectivity index (χ4v) is 2.74. The summed E-state index contributed by atoms with van der Waals surface area (Å²) in [5.41, 5.74) is 2.51. The van der Waals surface area contributed by atoms with Crippen LogP contribution in [0, 0.1) is 13.8 Å². The number of nitrogens with one attached hydrogen (secondary N) is 1. The first-order valence-electron chi connectivity index (χ1n) is 7.16. The standard InChI is InChI=1S/C16H25NO/c1-4-17-14-6-5-7-15(11-14)18-16-10-12(2)8-9-13(16)3/h8-10,14-15,17H,4-7,11H2,1-3H3. The molecule has 100 valence electrons. The molecular formula is C16H25NO. The Labute approximate surface area is 111 Å². The molecule has 0 bridgehead atoms. The van der Waals surface area contributed by atoms with Gasteiger partial charge in [0.05, 0.1) is 0 Å². The Morgan fingerprint density at radius 3 is 2.89 bits per heavy atom. The fraction of sp³-hybridized carbons (Fsp3) is 0.625. The molecule has 2 heteroatoms. The number of hydrogen-bond donors (Lipinski definition) is 1. The average molecular weight is 247 g/mol. The van der Waals surface area contributed by atoms with Gasteiger partial charge in [0.1, 0.15) is 11.9 Å². The molecule has 1 aromatic carbocycles. The smallest absolute Gasteiger partial charge is 0.122 e. The molecule has 1 saturated carbocycles. The highest BCUT2D eigenvalue weighted by Gasteiger charge is 2.22. The van der Waals surface area contributed by atoms with Crippen LogP contribution >= 0.6 is 0 Å². The molecule has 1 N–H and O–H groups in total. The Morgan fingerprint density at radius 1 is 1.28 bits per heavy atom. The summed E-state index contributed by atoms with van der Waals surface area (Å²) in [6, 6.07) is 7.09. The number of ether oxygens (including phenoxy) is 1. The van der Waals surface area contributed by atoms with Gasteiger partial charge in [0.15, 0.2) is 0 Å². The zero-order valence-corrected chi connectivity index (χ0v) is 11.8. The van der Waals surface area contributed by atoms with Crippen LogP contribution in [0.4, 0.5) is 0 Å². The van der Waals surface area contributed by atoms with Crippen molar-refractivity contribution in [2.75, 3.05) is 6.54 Å². The minimum Gasteiger partial charge on any atom is -0.490 e. The molecule has 1 aliphatic rings. The summed E-state index contributed by atoms with van der Waals surface area (Å²) >= 11 is 0. The maximum Gasteiger partial charge on any atom is 0.122 e. The molecule has 0 amide bonds. The summed E-state index contributed by atoms with van der Waals surface area (Å²) in [5, 5.41) is 3.55. The highest BCUT2D eigenvalue weighted by Crippen LogP contribution is 2.26. The predicted octanol–water partition coefficient (Wildman–Crippen LogP) is 3.60. The SMILES string of the molecule is CCNC1CCCC(Oc2cc(C)ccc2C)C1. The minimum absolute atomic E-state index is 0.378. The van der Waals surface area contributed by atoms with Gasteiger partial charge >= 0.3 is 0 Å². The Hall–Kier alpha value is -1.02. The van der Waals surface area contributed by atoms with Gasteiger partial charge in [-0.3, -0.25) is 0 Å². The second-order valence-electron chi connectivity index (χ2n) is 5.43. The first-order valence-corrected chi connectivity index (χ1v) is 7.16. The molecule has 0 aliphatic heterocycles. The molecule has 2 unspecified atom stereocenters. The van der Waals surface area contributed by atoms with Crippen molar-refractivity contribution in [3.05, 3.63) is 29.3 Å². The van der Waals surface area contributed by atoms with E-state index in [9.17, 15) is 0 Å². The summed E-state index contributed by atoms with van der Waals surface area (Å²) in [4.78, 5) is 0. The molecule has 18 heavy (non-hydrogen) atoms. The first-order chi connectivity index (χ1) is 8.69. The van der Waals surface area contributed by atoms with Crippen molar-refractivity contribution in [2.45, 2.75) is 58.6 Å². The van der Waals surface area contributed by atoms with Gasteiger partial charge < -0.3 is 10.1 Å². The molecule has 0 radical (unpaired) electrons. The van der Waals surface area contributed by atoms with Crippen LogP contribution in [0.2, 0.25) is 0 Å². The maximum atomic E-state index is 6.20. The van der Waals surface area contributed by atoms with Crippen molar-refractivity contribution in [3.63, 3.8) is 0 Å². The number of aryl methyl sites for hydroxylation is 2. The van der Waals surface area contributed by atoms with Gasteiger partial charge in [-0.2, -0.15) is 0 Å². The summed E-state index contributed by atoms with van der Waals surface area (Å²) in [5.74, 6) is 1.07. The van der Waals surface area contributed by atoms with Crippen molar-refractivity contribution in [1.29, 1.82) is 0 Å². The van der Waals surface area contributed by atoms with Crippen LogP contribution < -0.4 is 10.1 Å². The van der Waals surface area contributed by atoms with Gasteiger partial charge in [-0.1, -0.05) is 19.1 Å². The number of rotatable bonds is 4. The third kappa shape index (κ3) is 3.49. The molecule has 1 fully saturated rings. The third-order valence-electron chi connectivity index (χ3n) is 3.76. The first kappa shape index (κ1) is 13.4. The molecule has 0 spiro atoms. The topological polar surface area (TPSA) is 21.3 Å². The van der Waals surface area contributed by atoms with E-state index in [2.05, 4.69) is 44.3 Å². The summed E-state index contributed by atoms with van der Waals surface area (Å²) in [6.45, 7) is 7.48. The normalized spacial score (nSPS) is 23.9. The fourth-order valence-electron chi connectivity index (χ4n) is 2.74. The summed E-state index contributed by atoms with van der Waals surface area (Å²) in [7, 11) is 0. The lowest BCUT2D eigenvalue weighted by molar-refractivity contribution is 0.134. The zero-order valence-electron chi connectivity index (χ0n) is 11.8. The van der Waals surface area contributed by atoms with Gasteiger partial charge in [0.25, 0.3) is 0 Å². The number of benzene rings is 1. The maximum absolute atomic E-state index is 6.20. The lowest BCUT2D eigenvalue weighted by Crippen LogP contribution is -2.38. The van der Waals surface area contributed by atoms with Crippen LogP contribution in [0.25, 0.3) is 0 Å². The van der Waals surface area contributed by atoms with Crippen molar-refractivity contribution >= 4 is 0 Å². The lowest BCUT2D eigenvalue weighted by atomic mass is 9.92. The summed E-state index contributed by atoms with van der Waals surface area (Å²) < 4.78 is 6.20.